The first-order chi connectivity index (χ1) is 14.7. The van der Waals surface area contributed by atoms with Crippen LogP contribution in [-0.2, 0) is 0 Å². The fourth-order valence-electron chi connectivity index (χ4n) is 2.60. The standard InChI is InChI=1S/C24H22ClN3O2/c25-21-8-5-19(6-9-21)20-7-12-23(28-15-20)11-4-18-3-10-22(27-14-18)2-1-13-26-24(16-29)17-30/h1-3,5-10,12,14-15,24,26,29-30H,13,16-17H2/b2-1+. The Hall–Kier alpha value is -3.01. The summed E-state index contributed by atoms with van der Waals surface area (Å²) < 4.78 is 0. The molecule has 0 spiro atoms. The molecule has 0 fully saturated rings. The van der Waals surface area contributed by atoms with Crippen molar-refractivity contribution < 1.29 is 10.2 Å². The van der Waals surface area contributed by atoms with Crippen LogP contribution in [0, 0.1) is 11.8 Å². The summed E-state index contributed by atoms with van der Waals surface area (Å²) in [7, 11) is 0. The molecule has 1 aromatic carbocycles. The fourth-order valence-corrected chi connectivity index (χ4v) is 2.72. The minimum Gasteiger partial charge on any atom is -0.395 e. The average molecular weight is 420 g/mol. The molecule has 0 atom stereocenters. The van der Waals surface area contributed by atoms with E-state index in [0.717, 1.165) is 22.4 Å². The van der Waals surface area contributed by atoms with Gasteiger partial charge in [0.1, 0.15) is 5.69 Å². The van der Waals surface area contributed by atoms with E-state index in [1.807, 2.05) is 60.7 Å². The largest absolute Gasteiger partial charge is 0.395 e. The minimum absolute atomic E-state index is 0.103. The highest BCUT2D eigenvalue weighted by molar-refractivity contribution is 6.30. The molecular formula is C24H22ClN3O2. The molecule has 2 heterocycles. The van der Waals surface area contributed by atoms with E-state index in [1.54, 1.807) is 12.4 Å². The van der Waals surface area contributed by atoms with Crippen molar-refractivity contribution in [3.63, 3.8) is 0 Å². The number of pyridine rings is 2. The van der Waals surface area contributed by atoms with E-state index >= 15 is 0 Å². The monoisotopic (exact) mass is 419 g/mol. The van der Waals surface area contributed by atoms with Gasteiger partial charge in [-0.15, -0.1) is 0 Å². The van der Waals surface area contributed by atoms with Gasteiger partial charge in [-0.05, 0) is 47.9 Å². The predicted molar refractivity (Wildman–Crippen MR) is 120 cm³/mol. The molecule has 0 saturated carbocycles. The van der Waals surface area contributed by atoms with Gasteiger partial charge in [0.2, 0.25) is 0 Å². The van der Waals surface area contributed by atoms with Crippen molar-refractivity contribution in [1.29, 1.82) is 0 Å². The maximum atomic E-state index is 9.00. The molecule has 30 heavy (non-hydrogen) atoms. The van der Waals surface area contributed by atoms with Gasteiger partial charge in [0.05, 0.1) is 24.9 Å². The lowest BCUT2D eigenvalue weighted by Crippen LogP contribution is -2.35. The second kappa shape index (κ2) is 11.2. The number of hydrogen-bond acceptors (Lipinski definition) is 5. The van der Waals surface area contributed by atoms with Crippen molar-refractivity contribution in [2.75, 3.05) is 19.8 Å². The summed E-state index contributed by atoms with van der Waals surface area (Å²) in [5.41, 5.74) is 4.35. The van der Waals surface area contributed by atoms with Crippen LogP contribution in [-0.4, -0.2) is 46.0 Å². The topological polar surface area (TPSA) is 78.3 Å². The summed E-state index contributed by atoms with van der Waals surface area (Å²) in [6, 6.07) is 15.0. The molecule has 0 saturated heterocycles. The highest BCUT2D eigenvalue weighted by Gasteiger charge is 2.01. The molecule has 152 valence electrons. The van der Waals surface area contributed by atoms with Gasteiger partial charge in [0.15, 0.2) is 0 Å². The van der Waals surface area contributed by atoms with E-state index in [0.29, 0.717) is 17.3 Å². The van der Waals surface area contributed by atoms with Crippen LogP contribution in [0.4, 0.5) is 0 Å². The Labute approximate surface area is 181 Å². The predicted octanol–water partition coefficient (Wildman–Crippen LogP) is 3.15. The molecule has 0 unspecified atom stereocenters. The quantitative estimate of drug-likeness (QED) is 0.513. The van der Waals surface area contributed by atoms with Crippen LogP contribution >= 0.6 is 11.6 Å². The lowest BCUT2D eigenvalue weighted by atomic mass is 10.1. The van der Waals surface area contributed by atoms with Crippen molar-refractivity contribution in [1.82, 2.24) is 15.3 Å². The Morgan fingerprint density at radius 3 is 2.30 bits per heavy atom. The zero-order chi connectivity index (χ0) is 21.2. The number of nitrogens with zero attached hydrogens (tertiary/aromatic N) is 2. The first-order valence-electron chi connectivity index (χ1n) is 9.49. The Morgan fingerprint density at radius 1 is 0.900 bits per heavy atom. The van der Waals surface area contributed by atoms with Crippen molar-refractivity contribution in [2.45, 2.75) is 6.04 Å². The fraction of sp³-hybridized carbons (Fsp3) is 0.167. The van der Waals surface area contributed by atoms with E-state index < -0.39 is 0 Å². The number of aliphatic hydroxyl groups is 2. The van der Waals surface area contributed by atoms with Crippen LogP contribution in [0.2, 0.25) is 5.02 Å². The number of benzene rings is 1. The summed E-state index contributed by atoms with van der Waals surface area (Å²) in [5, 5.41) is 21.7. The average Bonchev–Trinajstić information content (AvgIpc) is 2.79. The number of nitrogens with one attached hydrogen (secondary N) is 1. The maximum Gasteiger partial charge on any atom is 0.113 e. The number of halogens is 1. The number of rotatable bonds is 7. The van der Waals surface area contributed by atoms with Crippen LogP contribution in [0.1, 0.15) is 17.0 Å². The van der Waals surface area contributed by atoms with E-state index in [-0.39, 0.29) is 19.3 Å². The molecule has 3 aromatic rings. The van der Waals surface area contributed by atoms with Crippen LogP contribution in [0.3, 0.4) is 0 Å². The second-order valence-corrected chi connectivity index (χ2v) is 6.97. The number of hydrogen-bond donors (Lipinski definition) is 3. The number of aromatic nitrogens is 2. The van der Waals surface area contributed by atoms with Gasteiger partial charge in [0, 0.05) is 35.1 Å². The molecule has 2 aromatic heterocycles. The van der Waals surface area contributed by atoms with Gasteiger partial charge in [-0.25, -0.2) is 4.98 Å². The smallest absolute Gasteiger partial charge is 0.113 e. The third-order valence-corrected chi connectivity index (χ3v) is 4.57. The van der Waals surface area contributed by atoms with Crippen LogP contribution in [0.5, 0.6) is 0 Å². The highest BCUT2D eigenvalue weighted by atomic mass is 35.5. The van der Waals surface area contributed by atoms with E-state index in [1.165, 1.54) is 0 Å². The molecular weight excluding hydrogens is 398 g/mol. The molecule has 3 N–H and O–H groups in total. The zero-order valence-electron chi connectivity index (χ0n) is 16.3. The van der Waals surface area contributed by atoms with Crippen molar-refractivity contribution in [2.24, 2.45) is 0 Å². The number of aliphatic hydroxyl groups excluding tert-OH is 2. The van der Waals surface area contributed by atoms with Crippen LogP contribution in [0.25, 0.3) is 17.2 Å². The van der Waals surface area contributed by atoms with Crippen molar-refractivity contribution in [3.8, 4) is 23.0 Å². The zero-order valence-corrected chi connectivity index (χ0v) is 17.0. The molecule has 5 nitrogen and oxygen atoms in total. The maximum absolute atomic E-state index is 9.00. The first-order valence-corrected chi connectivity index (χ1v) is 9.87. The molecule has 0 amide bonds. The summed E-state index contributed by atoms with van der Waals surface area (Å²) in [6.45, 7) is 0.329. The Morgan fingerprint density at radius 2 is 1.67 bits per heavy atom. The van der Waals surface area contributed by atoms with Gasteiger partial charge in [-0.1, -0.05) is 41.8 Å². The van der Waals surface area contributed by atoms with Gasteiger partial charge in [-0.3, -0.25) is 4.98 Å². The normalized spacial score (nSPS) is 10.9. The highest BCUT2D eigenvalue weighted by Crippen LogP contribution is 2.20. The third kappa shape index (κ3) is 6.51. The molecule has 0 bridgehead atoms. The molecule has 0 aliphatic heterocycles. The molecule has 3 rings (SSSR count). The van der Waals surface area contributed by atoms with Gasteiger partial charge in [-0.2, -0.15) is 0 Å². The second-order valence-electron chi connectivity index (χ2n) is 6.53. The van der Waals surface area contributed by atoms with Crippen molar-refractivity contribution >= 4 is 17.7 Å². The van der Waals surface area contributed by atoms with E-state index in [4.69, 9.17) is 21.8 Å². The van der Waals surface area contributed by atoms with Gasteiger partial charge < -0.3 is 15.5 Å². The summed E-state index contributed by atoms with van der Waals surface area (Å²) in [5.74, 6) is 6.12. The Bertz CT molecular complexity index is 1020. The first kappa shape index (κ1) is 21.7. The van der Waals surface area contributed by atoms with E-state index in [2.05, 4.69) is 27.1 Å². The molecule has 6 heteroatoms. The lowest BCUT2D eigenvalue weighted by molar-refractivity contribution is 0.174. The summed E-state index contributed by atoms with van der Waals surface area (Å²) in [6.07, 6.45) is 7.27. The molecule has 0 aliphatic carbocycles. The van der Waals surface area contributed by atoms with Crippen molar-refractivity contribution in [3.05, 3.63) is 89.0 Å². The van der Waals surface area contributed by atoms with Crippen LogP contribution in [0.15, 0.2) is 67.0 Å². The van der Waals surface area contributed by atoms with Gasteiger partial charge in [0.25, 0.3) is 0 Å². The molecule has 0 aliphatic rings. The summed E-state index contributed by atoms with van der Waals surface area (Å²) >= 11 is 5.93. The summed E-state index contributed by atoms with van der Waals surface area (Å²) in [4.78, 5) is 8.77. The third-order valence-electron chi connectivity index (χ3n) is 4.32. The van der Waals surface area contributed by atoms with Crippen LogP contribution < -0.4 is 5.32 Å². The SMILES string of the molecule is OCC(CO)NC/C=C/c1ccc(C#Cc2ccc(-c3ccc(Cl)cc3)cn2)cn1. The minimum atomic E-state index is -0.311. The Kier molecular flexibility index (Phi) is 8.13. The van der Waals surface area contributed by atoms with E-state index in [9.17, 15) is 0 Å². The molecule has 0 radical (unpaired) electrons. The van der Waals surface area contributed by atoms with Gasteiger partial charge >= 0.3 is 0 Å². The lowest BCUT2D eigenvalue weighted by Gasteiger charge is -2.10. The Balaban J connectivity index is 1.57.